The number of hydrogen-bond donors (Lipinski definition) is 2. The molecule has 70 valence electrons. The first-order valence-corrected chi connectivity index (χ1v) is 4.17. The van der Waals surface area contributed by atoms with Crippen LogP contribution in [-0.2, 0) is 4.79 Å². The highest BCUT2D eigenvalue weighted by Gasteiger charge is 2.30. The van der Waals surface area contributed by atoms with E-state index < -0.39 is 10.9 Å². The fourth-order valence-electron chi connectivity index (χ4n) is 0.762. The molecule has 0 spiro atoms. The van der Waals surface area contributed by atoms with Crippen LogP contribution in [0.25, 0.3) is 0 Å². The van der Waals surface area contributed by atoms with E-state index in [1.54, 1.807) is 24.3 Å². The van der Waals surface area contributed by atoms with Crippen LogP contribution in [0, 0.1) is 0 Å². The summed E-state index contributed by atoms with van der Waals surface area (Å²) in [4.78, 5) is 9.14. The van der Waals surface area contributed by atoms with Crippen molar-refractivity contribution in [3.63, 3.8) is 0 Å². The first kappa shape index (κ1) is 9.92. The molecule has 1 N–H and O–H groups in total. The minimum atomic E-state index is -1.48. The van der Waals surface area contributed by atoms with Crippen LogP contribution < -0.4 is 4.74 Å². The summed E-state index contributed by atoms with van der Waals surface area (Å²) in [7, 11) is 0. The number of hydrogen-bond acceptors (Lipinski definition) is 3. The molecule has 4 heteroatoms. The number of benzene rings is 1. The smallest absolute Gasteiger partial charge is 0.358 e. The molecule has 0 heterocycles. The number of carboxylic acids is 1. The number of rotatable bonds is 3. The molecule has 0 aliphatic heterocycles. The summed E-state index contributed by atoms with van der Waals surface area (Å²) < 4.78 is 5.13. The molecule has 3 nitrogen and oxygen atoms in total. The lowest BCUT2D eigenvalue weighted by molar-refractivity contribution is -0.146. The molecular formula is C9H10O3S. The lowest BCUT2D eigenvalue weighted by Gasteiger charge is -2.20. The molecule has 1 unspecified atom stereocenters. The zero-order valence-corrected chi connectivity index (χ0v) is 7.99. The maximum Gasteiger partial charge on any atom is 0.358 e. The maximum absolute atomic E-state index is 10.6. The van der Waals surface area contributed by atoms with Gasteiger partial charge in [-0.25, -0.2) is 4.79 Å². The average Bonchev–Trinajstić information content (AvgIpc) is 2.05. The summed E-state index contributed by atoms with van der Waals surface area (Å²) in [5, 5.41) is 8.70. The predicted octanol–water partition coefficient (Wildman–Crippen LogP) is 1.80. The summed E-state index contributed by atoms with van der Waals surface area (Å²) in [5.41, 5.74) is 0. The van der Waals surface area contributed by atoms with Gasteiger partial charge in [0.2, 0.25) is 4.93 Å². The Morgan fingerprint density at radius 1 is 1.46 bits per heavy atom. The number of para-hydroxylation sites is 1. The summed E-state index contributed by atoms with van der Waals surface area (Å²) in [6.45, 7) is 1.38. The van der Waals surface area contributed by atoms with Crippen LogP contribution in [-0.4, -0.2) is 16.0 Å². The molecule has 0 amide bonds. The fraction of sp³-hybridized carbons (Fsp3) is 0.222. The second-order valence-electron chi connectivity index (χ2n) is 2.70. The number of carbonyl (C=O) groups is 1. The number of ether oxygens (including phenoxy) is 1. The third kappa shape index (κ3) is 2.66. The van der Waals surface area contributed by atoms with E-state index in [2.05, 4.69) is 12.6 Å². The van der Waals surface area contributed by atoms with Gasteiger partial charge >= 0.3 is 5.97 Å². The van der Waals surface area contributed by atoms with E-state index in [0.29, 0.717) is 5.75 Å². The number of aliphatic carboxylic acids is 1. The Morgan fingerprint density at radius 2 is 2.00 bits per heavy atom. The lowest BCUT2D eigenvalue weighted by Crippen LogP contribution is -2.35. The van der Waals surface area contributed by atoms with Crippen LogP contribution in [0.5, 0.6) is 5.75 Å². The van der Waals surface area contributed by atoms with Crippen LogP contribution in [0.4, 0.5) is 0 Å². The van der Waals surface area contributed by atoms with Gasteiger partial charge in [0.25, 0.3) is 0 Å². The quantitative estimate of drug-likeness (QED) is 0.575. The summed E-state index contributed by atoms with van der Waals surface area (Å²) >= 11 is 3.87. The van der Waals surface area contributed by atoms with Gasteiger partial charge in [-0.1, -0.05) is 18.2 Å². The molecule has 0 saturated heterocycles. The van der Waals surface area contributed by atoms with Crippen LogP contribution in [0.2, 0.25) is 0 Å². The minimum Gasteiger partial charge on any atom is -0.478 e. The Bertz CT molecular complexity index is 295. The largest absolute Gasteiger partial charge is 0.478 e. The second-order valence-corrected chi connectivity index (χ2v) is 3.56. The molecule has 1 rings (SSSR count). The first-order valence-electron chi connectivity index (χ1n) is 3.72. The molecule has 0 bridgehead atoms. The molecule has 1 aromatic carbocycles. The van der Waals surface area contributed by atoms with Gasteiger partial charge in [0.15, 0.2) is 0 Å². The molecule has 0 radical (unpaired) electrons. The Hall–Kier alpha value is -1.16. The van der Waals surface area contributed by atoms with Crippen LogP contribution in [0.1, 0.15) is 6.92 Å². The van der Waals surface area contributed by atoms with E-state index in [0.717, 1.165) is 0 Å². The van der Waals surface area contributed by atoms with Crippen molar-refractivity contribution in [3.8, 4) is 5.75 Å². The minimum absolute atomic E-state index is 0.488. The normalized spacial score (nSPS) is 14.6. The van der Waals surface area contributed by atoms with Crippen molar-refractivity contribution in [2.45, 2.75) is 11.9 Å². The molecule has 0 aromatic heterocycles. The fourth-order valence-corrected chi connectivity index (χ4v) is 0.867. The van der Waals surface area contributed by atoms with Crippen molar-refractivity contribution >= 4 is 18.6 Å². The summed E-state index contributed by atoms with van der Waals surface area (Å²) in [5.74, 6) is -0.623. The van der Waals surface area contributed by atoms with Crippen molar-refractivity contribution in [3.05, 3.63) is 30.3 Å². The van der Waals surface area contributed by atoms with Gasteiger partial charge in [-0.2, -0.15) is 0 Å². The highest BCUT2D eigenvalue weighted by atomic mass is 32.1. The molecule has 0 saturated carbocycles. The topological polar surface area (TPSA) is 46.5 Å². The van der Waals surface area contributed by atoms with Gasteiger partial charge in [-0.3, -0.25) is 0 Å². The molecular weight excluding hydrogens is 188 g/mol. The Kier molecular flexibility index (Phi) is 2.83. The van der Waals surface area contributed by atoms with Gasteiger partial charge in [0.1, 0.15) is 5.75 Å². The van der Waals surface area contributed by atoms with Crippen molar-refractivity contribution in [1.82, 2.24) is 0 Å². The van der Waals surface area contributed by atoms with E-state index in [1.165, 1.54) is 6.92 Å². The van der Waals surface area contributed by atoms with Crippen molar-refractivity contribution in [1.29, 1.82) is 0 Å². The van der Waals surface area contributed by atoms with Crippen molar-refractivity contribution in [2.24, 2.45) is 0 Å². The molecule has 13 heavy (non-hydrogen) atoms. The van der Waals surface area contributed by atoms with Gasteiger partial charge in [0.05, 0.1) is 0 Å². The van der Waals surface area contributed by atoms with Gasteiger partial charge in [-0.15, -0.1) is 12.6 Å². The maximum atomic E-state index is 10.6. The Morgan fingerprint density at radius 3 is 2.46 bits per heavy atom. The highest BCUT2D eigenvalue weighted by molar-refractivity contribution is 7.82. The average molecular weight is 198 g/mol. The van der Waals surface area contributed by atoms with Crippen molar-refractivity contribution in [2.75, 3.05) is 0 Å². The van der Waals surface area contributed by atoms with Crippen molar-refractivity contribution < 1.29 is 14.6 Å². The van der Waals surface area contributed by atoms with Crippen LogP contribution >= 0.6 is 12.6 Å². The standard InChI is InChI=1S/C9H10O3S/c1-9(13,8(10)11)12-7-5-3-2-4-6-7/h2-6,13H,1H3,(H,10,11). The van der Waals surface area contributed by atoms with Gasteiger partial charge < -0.3 is 9.84 Å². The molecule has 0 aliphatic rings. The highest BCUT2D eigenvalue weighted by Crippen LogP contribution is 2.20. The van der Waals surface area contributed by atoms with E-state index >= 15 is 0 Å². The zero-order chi connectivity index (χ0) is 9.90. The first-order chi connectivity index (χ1) is 6.02. The molecule has 1 aromatic rings. The second kappa shape index (κ2) is 3.70. The van der Waals surface area contributed by atoms with E-state index in [9.17, 15) is 4.79 Å². The lowest BCUT2D eigenvalue weighted by atomic mass is 10.3. The Labute approximate surface area is 81.8 Å². The van der Waals surface area contributed by atoms with E-state index in [4.69, 9.17) is 9.84 Å². The SMILES string of the molecule is CC(S)(Oc1ccccc1)C(=O)O. The monoisotopic (exact) mass is 198 g/mol. The number of thiol groups is 1. The van der Waals surface area contributed by atoms with E-state index in [1.807, 2.05) is 6.07 Å². The zero-order valence-electron chi connectivity index (χ0n) is 7.10. The van der Waals surface area contributed by atoms with Crippen LogP contribution in [0.15, 0.2) is 30.3 Å². The number of carboxylic acid groups (broad SMARTS) is 1. The van der Waals surface area contributed by atoms with Gasteiger partial charge in [-0.05, 0) is 19.1 Å². The molecule has 1 atom stereocenters. The molecule has 0 fully saturated rings. The van der Waals surface area contributed by atoms with Gasteiger partial charge in [0, 0.05) is 0 Å². The van der Waals surface area contributed by atoms with Crippen LogP contribution in [0.3, 0.4) is 0 Å². The predicted molar refractivity (Wildman–Crippen MR) is 52.1 cm³/mol. The third-order valence-corrected chi connectivity index (χ3v) is 1.74. The third-order valence-electron chi connectivity index (χ3n) is 1.46. The Balaban J connectivity index is 2.75. The van der Waals surface area contributed by atoms with E-state index in [-0.39, 0.29) is 0 Å². The summed E-state index contributed by atoms with van der Waals surface area (Å²) in [6.07, 6.45) is 0. The molecule has 0 aliphatic carbocycles. The summed E-state index contributed by atoms with van der Waals surface area (Å²) in [6, 6.07) is 8.71.